The lowest BCUT2D eigenvalue weighted by atomic mass is 9.96. The van der Waals surface area contributed by atoms with Crippen LogP contribution < -0.4 is 5.32 Å². The van der Waals surface area contributed by atoms with E-state index in [1.807, 2.05) is 24.3 Å². The van der Waals surface area contributed by atoms with Crippen molar-refractivity contribution in [2.75, 3.05) is 13.1 Å². The molecule has 3 aromatic carbocycles. The van der Waals surface area contributed by atoms with Crippen molar-refractivity contribution >= 4 is 40.7 Å². The van der Waals surface area contributed by atoms with E-state index in [2.05, 4.69) is 47.5 Å². The fraction of sp³-hybridized carbons (Fsp3) is 0.241. The second-order valence-electron chi connectivity index (χ2n) is 9.07. The monoisotopic (exact) mass is 522 g/mol. The summed E-state index contributed by atoms with van der Waals surface area (Å²) in [6, 6.07) is 20.1. The lowest BCUT2D eigenvalue weighted by molar-refractivity contribution is -0.139. The molecule has 0 unspecified atom stereocenters. The van der Waals surface area contributed by atoms with Gasteiger partial charge >= 0.3 is 5.97 Å². The molecule has 1 aliphatic heterocycles. The number of nitrogens with zero attached hydrogens (tertiary/aromatic N) is 1. The van der Waals surface area contributed by atoms with Crippen molar-refractivity contribution in [2.45, 2.75) is 32.4 Å². The van der Waals surface area contributed by atoms with Crippen LogP contribution in [0, 0.1) is 6.92 Å². The summed E-state index contributed by atoms with van der Waals surface area (Å²) < 4.78 is 0. The minimum Gasteiger partial charge on any atom is -0.480 e. The van der Waals surface area contributed by atoms with E-state index in [-0.39, 0.29) is 22.0 Å². The Kier molecular flexibility index (Phi) is 8.47. The predicted octanol–water partition coefficient (Wildman–Crippen LogP) is 6.02. The molecular weight excluding hydrogens is 495 g/mol. The maximum Gasteiger partial charge on any atom is 0.326 e. The van der Waals surface area contributed by atoms with Crippen LogP contribution >= 0.6 is 23.2 Å². The van der Waals surface area contributed by atoms with Gasteiger partial charge in [-0.2, -0.15) is 0 Å². The van der Waals surface area contributed by atoms with Gasteiger partial charge in [0.05, 0.1) is 15.6 Å². The van der Waals surface area contributed by atoms with E-state index < -0.39 is 17.9 Å². The Morgan fingerprint density at radius 2 is 1.69 bits per heavy atom. The first kappa shape index (κ1) is 26.0. The molecule has 1 aliphatic rings. The number of benzene rings is 3. The first-order valence-corrected chi connectivity index (χ1v) is 12.6. The number of hydrogen-bond donors (Lipinski definition) is 2. The maximum absolute atomic E-state index is 12.7. The number of amides is 1. The summed E-state index contributed by atoms with van der Waals surface area (Å²) in [5, 5.41) is 12.6. The summed E-state index contributed by atoms with van der Waals surface area (Å²) >= 11 is 12.2. The standard InChI is InChI=1S/C29H28Cl2N2O3/c1-19-4-2-5-21(16-19)18-33-14-12-23(13-15-33)22-10-8-20(9-11-22)17-26(29(35)36)32-28(34)27-24(30)6-3-7-25(27)31/h2-12,16,26H,13-15,17-18H2,1H3,(H,32,34)(H,35,36)/t26-/m0/s1. The van der Waals surface area contributed by atoms with Crippen LogP contribution in [-0.2, 0) is 17.8 Å². The molecule has 0 aromatic heterocycles. The van der Waals surface area contributed by atoms with Crippen molar-refractivity contribution in [3.05, 3.63) is 111 Å². The largest absolute Gasteiger partial charge is 0.480 e. The van der Waals surface area contributed by atoms with Gasteiger partial charge in [0, 0.05) is 26.1 Å². The summed E-state index contributed by atoms with van der Waals surface area (Å²) in [7, 11) is 0. The number of carbonyl (C=O) groups excluding carboxylic acids is 1. The molecule has 0 spiro atoms. The Bertz CT molecular complexity index is 1270. The van der Waals surface area contributed by atoms with Gasteiger partial charge in [-0.05, 0) is 47.7 Å². The molecule has 0 fully saturated rings. The molecule has 0 radical (unpaired) electrons. The quantitative estimate of drug-likeness (QED) is 0.379. The summed E-state index contributed by atoms with van der Waals surface area (Å²) in [5.41, 5.74) is 5.91. The molecular formula is C29H28Cl2N2O3. The average Bonchev–Trinajstić information content (AvgIpc) is 2.84. The van der Waals surface area contributed by atoms with Crippen molar-refractivity contribution in [1.82, 2.24) is 10.2 Å². The molecule has 3 aromatic rings. The average molecular weight is 523 g/mol. The van der Waals surface area contributed by atoms with Crippen LogP contribution in [-0.4, -0.2) is 41.0 Å². The van der Waals surface area contributed by atoms with Gasteiger partial charge in [-0.25, -0.2) is 4.79 Å². The van der Waals surface area contributed by atoms with E-state index in [0.29, 0.717) is 0 Å². The Morgan fingerprint density at radius 3 is 2.31 bits per heavy atom. The predicted molar refractivity (Wildman–Crippen MR) is 145 cm³/mol. The first-order chi connectivity index (χ1) is 17.3. The van der Waals surface area contributed by atoms with Crippen molar-refractivity contribution in [3.63, 3.8) is 0 Å². The van der Waals surface area contributed by atoms with E-state index in [9.17, 15) is 14.7 Å². The Labute approximate surface area is 221 Å². The van der Waals surface area contributed by atoms with Crippen LogP contribution in [0.2, 0.25) is 10.0 Å². The smallest absolute Gasteiger partial charge is 0.326 e. The number of carboxylic acids is 1. The highest BCUT2D eigenvalue weighted by Gasteiger charge is 2.24. The lowest BCUT2D eigenvalue weighted by Crippen LogP contribution is -2.42. The van der Waals surface area contributed by atoms with Crippen molar-refractivity contribution < 1.29 is 14.7 Å². The summed E-state index contributed by atoms with van der Waals surface area (Å²) in [5.74, 6) is -1.74. The highest BCUT2D eigenvalue weighted by atomic mass is 35.5. The third-order valence-corrected chi connectivity index (χ3v) is 6.97. The first-order valence-electron chi connectivity index (χ1n) is 11.8. The zero-order chi connectivity index (χ0) is 25.7. The molecule has 0 bridgehead atoms. The van der Waals surface area contributed by atoms with Gasteiger partial charge in [-0.15, -0.1) is 0 Å². The Morgan fingerprint density at radius 1 is 1.00 bits per heavy atom. The fourth-order valence-electron chi connectivity index (χ4n) is 4.42. The highest BCUT2D eigenvalue weighted by molar-refractivity contribution is 6.39. The molecule has 0 aliphatic carbocycles. The molecule has 7 heteroatoms. The lowest BCUT2D eigenvalue weighted by Gasteiger charge is -2.26. The summed E-state index contributed by atoms with van der Waals surface area (Å²) in [6.45, 7) is 4.93. The Hall–Kier alpha value is -3.12. The molecule has 1 atom stereocenters. The number of hydrogen-bond acceptors (Lipinski definition) is 3. The molecule has 5 nitrogen and oxygen atoms in total. The van der Waals surface area contributed by atoms with E-state index in [0.717, 1.165) is 37.2 Å². The van der Waals surface area contributed by atoms with E-state index in [1.54, 1.807) is 18.2 Å². The zero-order valence-electron chi connectivity index (χ0n) is 20.0. The van der Waals surface area contributed by atoms with Crippen molar-refractivity contribution in [3.8, 4) is 0 Å². The fourth-order valence-corrected chi connectivity index (χ4v) is 4.99. The topological polar surface area (TPSA) is 69.6 Å². The Balaban J connectivity index is 1.37. The number of aliphatic carboxylic acids is 1. The molecule has 186 valence electrons. The number of rotatable bonds is 8. The summed E-state index contributed by atoms with van der Waals surface area (Å²) in [4.78, 5) is 26.9. The molecule has 4 rings (SSSR count). The van der Waals surface area contributed by atoms with Gasteiger partial charge < -0.3 is 10.4 Å². The molecule has 1 heterocycles. The van der Waals surface area contributed by atoms with Crippen LogP contribution in [0.15, 0.2) is 72.8 Å². The highest BCUT2D eigenvalue weighted by Crippen LogP contribution is 2.26. The molecule has 36 heavy (non-hydrogen) atoms. The summed E-state index contributed by atoms with van der Waals surface area (Å²) in [6.07, 6.45) is 3.37. The minimum atomic E-state index is -1.13. The van der Waals surface area contributed by atoms with Crippen LogP contribution in [0.25, 0.3) is 5.57 Å². The number of nitrogens with one attached hydrogen (secondary N) is 1. The van der Waals surface area contributed by atoms with Crippen LogP contribution in [0.5, 0.6) is 0 Å². The molecule has 0 saturated carbocycles. The van der Waals surface area contributed by atoms with Gasteiger partial charge in [0.15, 0.2) is 0 Å². The molecule has 0 saturated heterocycles. The molecule has 1 amide bonds. The third kappa shape index (κ3) is 6.55. The van der Waals surface area contributed by atoms with Gasteiger partial charge in [0.25, 0.3) is 5.91 Å². The zero-order valence-corrected chi connectivity index (χ0v) is 21.5. The van der Waals surface area contributed by atoms with Gasteiger partial charge in [-0.3, -0.25) is 9.69 Å². The van der Waals surface area contributed by atoms with E-state index in [1.165, 1.54) is 16.7 Å². The molecule has 2 N–H and O–H groups in total. The number of aryl methyl sites for hydroxylation is 1. The van der Waals surface area contributed by atoms with Crippen molar-refractivity contribution in [2.24, 2.45) is 0 Å². The van der Waals surface area contributed by atoms with Crippen molar-refractivity contribution in [1.29, 1.82) is 0 Å². The minimum absolute atomic E-state index is 0.0723. The second-order valence-corrected chi connectivity index (χ2v) is 9.88. The van der Waals surface area contributed by atoms with Gasteiger partial charge in [-0.1, -0.05) is 89.4 Å². The van der Waals surface area contributed by atoms with Crippen LogP contribution in [0.4, 0.5) is 0 Å². The second kappa shape index (κ2) is 11.7. The SMILES string of the molecule is Cc1cccc(CN2CC=C(c3ccc(C[C@H](NC(=O)c4c(Cl)cccc4Cl)C(=O)O)cc3)CC2)c1. The van der Waals surface area contributed by atoms with Gasteiger partial charge in [0.1, 0.15) is 6.04 Å². The van der Waals surface area contributed by atoms with Crippen LogP contribution in [0.3, 0.4) is 0 Å². The van der Waals surface area contributed by atoms with Crippen LogP contribution in [0.1, 0.15) is 39.0 Å². The number of carbonyl (C=O) groups is 2. The van der Waals surface area contributed by atoms with E-state index >= 15 is 0 Å². The van der Waals surface area contributed by atoms with Gasteiger partial charge in [0.2, 0.25) is 0 Å². The third-order valence-electron chi connectivity index (χ3n) is 6.34. The normalized spacial score (nSPS) is 14.7. The van der Waals surface area contributed by atoms with E-state index in [4.69, 9.17) is 23.2 Å². The maximum atomic E-state index is 12.7. The number of carboxylic acid groups (broad SMARTS) is 1. The number of halogens is 2.